The van der Waals surface area contributed by atoms with E-state index in [9.17, 15) is 33.0 Å². The Morgan fingerprint density at radius 3 is 2.43 bits per heavy atom. The van der Waals surface area contributed by atoms with Gasteiger partial charge in [-0.3, -0.25) is 4.79 Å². The SMILES string of the molecule is C[C@@H](O)[C@H]1C(=O)N2C(C(=O)[O-])=C(COC(=O)NS(=O)(=O)c3ccccc3)[C@H](C)[C@H]12.[Na+]. The number of hydrogen-bond donors (Lipinski definition) is 2. The summed E-state index contributed by atoms with van der Waals surface area (Å²) >= 11 is 0. The largest absolute Gasteiger partial charge is 1.00 e. The van der Waals surface area contributed by atoms with Gasteiger partial charge in [-0.15, -0.1) is 0 Å². The number of nitrogens with one attached hydrogen (secondary N) is 1. The molecule has 4 atom stereocenters. The van der Waals surface area contributed by atoms with E-state index in [2.05, 4.69) is 0 Å². The predicted molar refractivity (Wildman–Crippen MR) is 95.1 cm³/mol. The van der Waals surface area contributed by atoms with E-state index in [1.54, 1.807) is 17.7 Å². The Balaban J connectivity index is 0.00000320. The number of carboxylic acids is 1. The van der Waals surface area contributed by atoms with E-state index in [1.807, 2.05) is 0 Å². The fraction of sp³-hybridized carbons (Fsp3) is 0.389. The fourth-order valence-corrected chi connectivity index (χ4v) is 4.68. The number of sulfonamides is 1. The van der Waals surface area contributed by atoms with Gasteiger partial charge in [0, 0.05) is 5.92 Å². The molecule has 1 aromatic carbocycles. The first kappa shape index (κ1) is 24.4. The van der Waals surface area contributed by atoms with Crippen molar-refractivity contribution < 1.29 is 67.3 Å². The third-order valence-electron chi connectivity index (χ3n) is 5.14. The molecular weight excluding hydrogens is 427 g/mol. The number of ether oxygens (including phenoxy) is 1. The number of nitrogens with zero attached hydrogens (tertiary/aromatic N) is 1. The summed E-state index contributed by atoms with van der Waals surface area (Å²) in [5.41, 5.74) is -0.304. The zero-order valence-electron chi connectivity index (χ0n) is 16.6. The van der Waals surface area contributed by atoms with E-state index in [-0.39, 0.29) is 40.0 Å². The minimum atomic E-state index is -4.15. The number of aliphatic hydroxyl groups excluding tert-OH is 1. The van der Waals surface area contributed by atoms with E-state index in [4.69, 9.17) is 4.74 Å². The number of benzene rings is 1. The summed E-state index contributed by atoms with van der Waals surface area (Å²) in [6.45, 7) is 2.52. The Labute approximate surface area is 195 Å². The summed E-state index contributed by atoms with van der Waals surface area (Å²) in [6.07, 6.45) is -2.27. The summed E-state index contributed by atoms with van der Waals surface area (Å²) in [7, 11) is -4.15. The van der Waals surface area contributed by atoms with Gasteiger partial charge in [-0.1, -0.05) is 25.1 Å². The normalized spacial score (nSPS) is 23.8. The van der Waals surface area contributed by atoms with E-state index < -0.39 is 64.3 Å². The van der Waals surface area contributed by atoms with Gasteiger partial charge in [-0.25, -0.2) is 17.9 Å². The first-order valence-electron chi connectivity index (χ1n) is 8.76. The smallest absolute Gasteiger partial charge is 0.543 e. The van der Waals surface area contributed by atoms with Gasteiger partial charge < -0.3 is 24.6 Å². The van der Waals surface area contributed by atoms with E-state index in [1.165, 1.54) is 31.2 Å². The van der Waals surface area contributed by atoms with Crippen LogP contribution in [0.4, 0.5) is 4.79 Å². The van der Waals surface area contributed by atoms with Gasteiger partial charge in [-0.05, 0) is 24.6 Å². The van der Waals surface area contributed by atoms with Crippen LogP contribution in [0.2, 0.25) is 0 Å². The molecule has 0 spiro atoms. The Morgan fingerprint density at radius 2 is 1.90 bits per heavy atom. The topological polar surface area (TPSA) is 153 Å². The van der Waals surface area contributed by atoms with Crippen molar-refractivity contribution in [1.29, 1.82) is 0 Å². The number of amides is 2. The second-order valence-electron chi connectivity index (χ2n) is 6.91. The predicted octanol–water partition coefficient (Wildman–Crippen LogP) is -4.03. The average molecular weight is 446 g/mol. The minimum absolute atomic E-state index is 0. The summed E-state index contributed by atoms with van der Waals surface area (Å²) in [6, 6.07) is 6.56. The van der Waals surface area contributed by atoms with Gasteiger partial charge in [-0.2, -0.15) is 0 Å². The van der Waals surface area contributed by atoms with Crippen LogP contribution in [0, 0.1) is 11.8 Å². The van der Waals surface area contributed by atoms with Gasteiger partial charge in [0.1, 0.15) is 6.61 Å². The molecule has 3 rings (SSSR count). The molecule has 2 N–H and O–H groups in total. The molecule has 1 saturated heterocycles. The minimum Gasteiger partial charge on any atom is -0.543 e. The average Bonchev–Trinajstić information content (AvgIpc) is 2.88. The zero-order chi connectivity index (χ0) is 21.5. The number of hydrogen-bond acceptors (Lipinski definition) is 8. The molecule has 156 valence electrons. The number of fused-ring (bicyclic) bond motifs is 1. The summed E-state index contributed by atoms with van der Waals surface area (Å²) in [5, 5.41) is 21.3. The van der Waals surface area contributed by atoms with Crippen LogP contribution >= 0.6 is 0 Å². The molecule has 1 aromatic rings. The molecule has 0 radical (unpaired) electrons. The standard InChI is InChI=1S/C18H20N2O8S.Na/c1-9-12(15(17(23)24)20-14(9)13(10(2)21)16(20)22)8-28-18(25)19-29(26,27)11-6-4-3-5-7-11;/h3-7,9-10,13-14,21H,8H2,1-2H3,(H,19,25)(H,23,24);/q;+1/p-1/t9-,10+,13+,14+;/m0./s1. The number of β-lactam (4-membered cyclic amide) rings is 1. The van der Waals surface area contributed by atoms with Crippen LogP contribution < -0.4 is 39.4 Å². The molecule has 2 aliphatic rings. The molecule has 0 bridgehead atoms. The quantitative estimate of drug-likeness (QED) is 0.331. The fourth-order valence-electron chi connectivity index (χ4n) is 3.76. The Bertz CT molecular complexity index is 993. The van der Waals surface area contributed by atoms with Crippen molar-refractivity contribution in [2.75, 3.05) is 6.61 Å². The van der Waals surface area contributed by atoms with Crippen LogP contribution in [0.3, 0.4) is 0 Å². The summed E-state index contributed by atoms with van der Waals surface area (Å²) < 4.78 is 30.9. The van der Waals surface area contributed by atoms with E-state index in [0.717, 1.165) is 4.90 Å². The number of carboxylic acid groups (broad SMARTS) is 1. The van der Waals surface area contributed by atoms with Gasteiger partial charge in [0.25, 0.3) is 10.0 Å². The molecule has 10 nitrogen and oxygen atoms in total. The maximum absolute atomic E-state index is 12.2. The molecule has 0 aromatic heterocycles. The van der Waals surface area contributed by atoms with Crippen LogP contribution in [-0.4, -0.2) is 55.1 Å². The van der Waals surface area contributed by atoms with Crippen LogP contribution in [0.1, 0.15) is 13.8 Å². The Kier molecular flexibility index (Phi) is 7.36. The molecule has 0 saturated carbocycles. The Hall–Kier alpha value is -1.92. The molecule has 0 aliphatic carbocycles. The summed E-state index contributed by atoms with van der Waals surface area (Å²) in [4.78, 5) is 36.6. The summed E-state index contributed by atoms with van der Waals surface area (Å²) in [5.74, 6) is -3.47. The third-order valence-corrected chi connectivity index (χ3v) is 6.47. The number of aliphatic hydroxyl groups is 1. The first-order valence-corrected chi connectivity index (χ1v) is 10.2. The van der Waals surface area contributed by atoms with Crippen molar-refractivity contribution in [3.8, 4) is 0 Å². The van der Waals surface area contributed by atoms with Gasteiger partial charge in [0.2, 0.25) is 5.91 Å². The zero-order valence-corrected chi connectivity index (χ0v) is 19.4. The van der Waals surface area contributed by atoms with Crippen molar-refractivity contribution >= 4 is 28.0 Å². The molecule has 30 heavy (non-hydrogen) atoms. The van der Waals surface area contributed by atoms with Crippen LogP contribution in [-0.2, 0) is 24.3 Å². The second-order valence-corrected chi connectivity index (χ2v) is 8.59. The number of carbonyl (C=O) groups excluding carboxylic acids is 3. The Morgan fingerprint density at radius 1 is 1.30 bits per heavy atom. The monoisotopic (exact) mass is 446 g/mol. The van der Waals surface area contributed by atoms with E-state index in [0.29, 0.717) is 0 Å². The molecule has 12 heteroatoms. The van der Waals surface area contributed by atoms with Gasteiger partial charge in [0.15, 0.2) is 0 Å². The van der Waals surface area contributed by atoms with E-state index >= 15 is 0 Å². The van der Waals surface area contributed by atoms with Crippen molar-refractivity contribution in [2.24, 2.45) is 11.8 Å². The molecule has 2 heterocycles. The maximum Gasteiger partial charge on any atom is 1.00 e. The first-order chi connectivity index (χ1) is 13.6. The number of aliphatic carboxylic acids is 1. The molecule has 1 fully saturated rings. The van der Waals surface area contributed by atoms with Gasteiger partial charge in [0.05, 0.1) is 34.6 Å². The van der Waals surface area contributed by atoms with Crippen molar-refractivity contribution in [1.82, 2.24) is 9.62 Å². The van der Waals surface area contributed by atoms with Gasteiger partial charge >= 0.3 is 35.7 Å². The van der Waals surface area contributed by atoms with Crippen molar-refractivity contribution in [3.05, 3.63) is 41.6 Å². The molecular formula is C18H19N2NaO8S. The van der Waals surface area contributed by atoms with Crippen LogP contribution in [0.15, 0.2) is 46.5 Å². The van der Waals surface area contributed by atoms with Crippen LogP contribution in [0.25, 0.3) is 0 Å². The molecule has 2 aliphatic heterocycles. The number of rotatable bonds is 6. The third kappa shape index (κ3) is 4.26. The molecule has 2 amide bonds. The maximum atomic E-state index is 12.2. The second kappa shape index (κ2) is 9.06. The van der Waals surface area contributed by atoms with Crippen LogP contribution in [0.5, 0.6) is 0 Å². The number of carbonyl (C=O) groups is 3. The van der Waals surface area contributed by atoms with Crippen molar-refractivity contribution in [2.45, 2.75) is 30.9 Å². The van der Waals surface area contributed by atoms with Crippen molar-refractivity contribution in [3.63, 3.8) is 0 Å². The molecule has 0 unspecified atom stereocenters.